The summed E-state index contributed by atoms with van der Waals surface area (Å²) in [5.41, 5.74) is 3.09. The van der Waals surface area contributed by atoms with Crippen LogP contribution in [0.25, 0.3) is 0 Å². The van der Waals surface area contributed by atoms with E-state index < -0.39 is 0 Å². The summed E-state index contributed by atoms with van der Waals surface area (Å²) in [6, 6.07) is 12.0. The van der Waals surface area contributed by atoms with Gasteiger partial charge in [0.05, 0.1) is 27.0 Å². The molecule has 0 aliphatic rings. The van der Waals surface area contributed by atoms with E-state index in [-0.39, 0.29) is 0 Å². The van der Waals surface area contributed by atoms with Crippen LogP contribution in [-0.2, 0) is 0 Å². The molecule has 2 rings (SSSR count). The highest BCUT2D eigenvalue weighted by atomic mass is 16.5. The number of hydrogen-bond acceptors (Lipinski definition) is 4. The van der Waals surface area contributed by atoms with E-state index in [2.05, 4.69) is 31.0 Å². The summed E-state index contributed by atoms with van der Waals surface area (Å²) in [5, 5.41) is 0. The Kier molecular flexibility index (Phi) is 5.63. The molecule has 0 aliphatic heterocycles. The summed E-state index contributed by atoms with van der Waals surface area (Å²) in [5.74, 6) is 2.32. The maximum absolute atomic E-state index is 5.35. The number of ether oxygens (including phenoxy) is 3. The lowest BCUT2D eigenvalue weighted by molar-refractivity contribution is 0.324. The van der Waals surface area contributed by atoms with Crippen molar-refractivity contribution in [3.8, 4) is 17.2 Å². The van der Waals surface area contributed by atoms with Crippen molar-refractivity contribution in [3.63, 3.8) is 0 Å². The predicted molar refractivity (Wildman–Crippen MR) is 93.9 cm³/mol. The minimum absolute atomic E-state index is 0.517. The fraction of sp³-hybridized carbons (Fsp3) is 0.316. The van der Waals surface area contributed by atoms with Gasteiger partial charge in [0.1, 0.15) is 0 Å². The SMILES string of the molecule is COc1cc(/C=N/c2ccc(C(C)C)cc2)cc(OC)c1OC. The van der Waals surface area contributed by atoms with Crippen molar-refractivity contribution in [1.29, 1.82) is 0 Å². The van der Waals surface area contributed by atoms with Crippen molar-refractivity contribution in [2.45, 2.75) is 19.8 Å². The quantitative estimate of drug-likeness (QED) is 0.732. The van der Waals surface area contributed by atoms with E-state index in [4.69, 9.17) is 14.2 Å². The first-order chi connectivity index (χ1) is 11.1. The highest BCUT2D eigenvalue weighted by Crippen LogP contribution is 2.37. The van der Waals surface area contributed by atoms with Gasteiger partial charge in [0.15, 0.2) is 11.5 Å². The fourth-order valence-corrected chi connectivity index (χ4v) is 2.27. The van der Waals surface area contributed by atoms with Crippen LogP contribution in [0.2, 0.25) is 0 Å². The monoisotopic (exact) mass is 313 g/mol. The lowest BCUT2D eigenvalue weighted by atomic mass is 10.0. The van der Waals surface area contributed by atoms with Crippen molar-refractivity contribution < 1.29 is 14.2 Å². The summed E-state index contributed by atoms with van der Waals surface area (Å²) in [7, 11) is 4.79. The Morgan fingerprint density at radius 2 is 1.43 bits per heavy atom. The van der Waals surface area contributed by atoms with Crippen LogP contribution in [0, 0.1) is 0 Å². The molecule has 0 N–H and O–H groups in total. The Bertz CT molecular complexity index is 651. The summed E-state index contributed by atoms with van der Waals surface area (Å²) in [6.45, 7) is 4.35. The molecule has 0 spiro atoms. The van der Waals surface area contributed by atoms with E-state index in [9.17, 15) is 0 Å². The number of rotatable bonds is 6. The molecule has 0 atom stereocenters. The van der Waals surface area contributed by atoms with Gasteiger partial charge in [-0.1, -0.05) is 26.0 Å². The second kappa shape index (κ2) is 7.68. The molecular formula is C19H23NO3. The van der Waals surface area contributed by atoms with Crippen LogP contribution < -0.4 is 14.2 Å². The maximum Gasteiger partial charge on any atom is 0.203 e. The van der Waals surface area contributed by atoms with Gasteiger partial charge < -0.3 is 14.2 Å². The van der Waals surface area contributed by atoms with Crippen molar-refractivity contribution in [2.75, 3.05) is 21.3 Å². The number of benzene rings is 2. The van der Waals surface area contributed by atoms with E-state index in [1.54, 1.807) is 27.5 Å². The summed E-state index contributed by atoms with van der Waals surface area (Å²) < 4.78 is 16.0. The summed E-state index contributed by atoms with van der Waals surface area (Å²) >= 11 is 0. The van der Waals surface area contributed by atoms with Crippen LogP contribution in [-0.4, -0.2) is 27.5 Å². The molecule has 2 aromatic rings. The molecule has 0 fully saturated rings. The third-order valence-corrected chi connectivity index (χ3v) is 3.61. The van der Waals surface area contributed by atoms with Crippen LogP contribution in [0.1, 0.15) is 30.9 Å². The normalized spacial score (nSPS) is 11.0. The zero-order valence-electron chi connectivity index (χ0n) is 14.3. The average molecular weight is 313 g/mol. The maximum atomic E-state index is 5.35. The molecule has 4 nitrogen and oxygen atoms in total. The molecule has 0 radical (unpaired) electrons. The third kappa shape index (κ3) is 4.03. The molecule has 0 saturated carbocycles. The van der Waals surface area contributed by atoms with Crippen LogP contribution in [0.5, 0.6) is 17.2 Å². The number of methoxy groups -OCH3 is 3. The number of aliphatic imine (C=N–C) groups is 1. The standard InChI is InChI=1S/C19H23NO3/c1-13(2)15-6-8-16(9-7-15)20-12-14-10-17(21-3)19(23-5)18(11-14)22-4/h6-13H,1-5H3/b20-12+. The van der Waals surface area contributed by atoms with E-state index in [0.29, 0.717) is 23.2 Å². The highest BCUT2D eigenvalue weighted by Gasteiger charge is 2.12. The first kappa shape index (κ1) is 16.9. The largest absolute Gasteiger partial charge is 0.493 e. The molecule has 23 heavy (non-hydrogen) atoms. The van der Waals surface area contributed by atoms with Gasteiger partial charge in [-0.05, 0) is 35.7 Å². The van der Waals surface area contributed by atoms with E-state index >= 15 is 0 Å². The molecule has 0 aromatic heterocycles. The zero-order valence-corrected chi connectivity index (χ0v) is 14.3. The van der Waals surface area contributed by atoms with E-state index in [0.717, 1.165) is 11.3 Å². The summed E-state index contributed by atoms with van der Waals surface area (Å²) in [4.78, 5) is 4.51. The van der Waals surface area contributed by atoms with Crippen molar-refractivity contribution in [3.05, 3.63) is 47.5 Å². The Morgan fingerprint density at radius 1 is 0.870 bits per heavy atom. The molecule has 4 heteroatoms. The predicted octanol–water partition coefficient (Wildman–Crippen LogP) is 4.59. The van der Waals surface area contributed by atoms with Gasteiger partial charge in [-0.2, -0.15) is 0 Å². The van der Waals surface area contributed by atoms with Crippen LogP contribution in [0.15, 0.2) is 41.4 Å². The number of hydrogen-bond donors (Lipinski definition) is 0. The van der Waals surface area contributed by atoms with Crippen LogP contribution >= 0.6 is 0 Å². The molecular weight excluding hydrogens is 290 g/mol. The molecule has 0 aliphatic carbocycles. The van der Waals surface area contributed by atoms with Gasteiger partial charge in [0.25, 0.3) is 0 Å². The molecule has 0 bridgehead atoms. The minimum Gasteiger partial charge on any atom is -0.493 e. The molecule has 0 heterocycles. The average Bonchev–Trinajstić information content (AvgIpc) is 2.59. The third-order valence-electron chi connectivity index (χ3n) is 3.61. The smallest absolute Gasteiger partial charge is 0.203 e. The first-order valence-electron chi connectivity index (χ1n) is 7.53. The first-order valence-corrected chi connectivity index (χ1v) is 7.53. The van der Waals surface area contributed by atoms with Gasteiger partial charge in [-0.25, -0.2) is 0 Å². The van der Waals surface area contributed by atoms with Crippen LogP contribution in [0.4, 0.5) is 5.69 Å². The van der Waals surface area contributed by atoms with Gasteiger partial charge >= 0.3 is 0 Å². The lowest BCUT2D eigenvalue weighted by Crippen LogP contribution is -1.96. The molecule has 0 saturated heterocycles. The van der Waals surface area contributed by atoms with Crippen LogP contribution in [0.3, 0.4) is 0 Å². The van der Waals surface area contributed by atoms with Gasteiger partial charge in [-0.3, -0.25) is 4.99 Å². The highest BCUT2D eigenvalue weighted by molar-refractivity contribution is 5.84. The molecule has 122 valence electrons. The van der Waals surface area contributed by atoms with Gasteiger partial charge in [0.2, 0.25) is 5.75 Å². The van der Waals surface area contributed by atoms with E-state index in [1.165, 1.54) is 5.56 Å². The Labute approximate surface area is 137 Å². The van der Waals surface area contributed by atoms with Crippen molar-refractivity contribution >= 4 is 11.9 Å². The van der Waals surface area contributed by atoms with E-state index in [1.807, 2.05) is 24.3 Å². The second-order valence-corrected chi connectivity index (χ2v) is 5.46. The summed E-state index contributed by atoms with van der Waals surface area (Å²) in [6.07, 6.45) is 1.79. The molecule has 0 unspecified atom stereocenters. The van der Waals surface area contributed by atoms with Gasteiger partial charge in [-0.15, -0.1) is 0 Å². The minimum atomic E-state index is 0.517. The zero-order chi connectivity index (χ0) is 16.8. The van der Waals surface area contributed by atoms with Crippen molar-refractivity contribution in [2.24, 2.45) is 4.99 Å². The number of nitrogens with zero attached hydrogens (tertiary/aromatic N) is 1. The Balaban J connectivity index is 2.28. The lowest BCUT2D eigenvalue weighted by Gasteiger charge is -2.12. The topological polar surface area (TPSA) is 40.0 Å². The molecule has 0 amide bonds. The van der Waals surface area contributed by atoms with Gasteiger partial charge in [0, 0.05) is 11.8 Å². The fourth-order valence-electron chi connectivity index (χ4n) is 2.27. The second-order valence-electron chi connectivity index (χ2n) is 5.46. The molecule has 2 aromatic carbocycles. The Hall–Kier alpha value is -2.49. The van der Waals surface area contributed by atoms with Crippen molar-refractivity contribution in [1.82, 2.24) is 0 Å². The Morgan fingerprint density at radius 3 is 1.87 bits per heavy atom.